The first-order chi connectivity index (χ1) is 31.6. The van der Waals surface area contributed by atoms with Crippen molar-refractivity contribution < 1.29 is 52.7 Å². The van der Waals surface area contributed by atoms with Crippen LogP contribution in [0.2, 0.25) is 0 Å². The largest absolute Gasteiger partial charge is 0.494 e. The van der Waals surface area contributed by atoms with Gasteiger partial charge in [0.15, 0.2) is 0 Å². The van der Waals surface area contributed by atoms with Crippen molar-refractivity contribution >= 4 is 35.7 Å². The summed E-state index contributed by atoms with van der Waals surface area (Å²) < 4.78 is 33.1. The van der Waals surface area contributed by atoms with Gasteiger partial charge in [-0.05, 0) is 87.6 Å². The molecule has 0 radical (unpaired) electrons. The summed E-state index contributed by atoms with van der Waals surface area (Å²) in [6, 6.07) is 27.4. The van der Waals surface area contributed by atoms with Crippen LogP contribution in [0.1, 0.15) is 48.9 Å². The maximum atomic E-state index is 12.3. The van der Waals surface area contributed by atoms with Gasteiger partial charge in [-0.2, -0.15) is 0 Å². The zero-order chi connectivity index (χ0) is 47.8. The maximum Gasteiger partial charge on any atom is 0.413 e. The molecule has 2 saturated heterocycles. The van der Waals surface area contributed by atoms with Crippen LogP contribution in [-0.2, 0) is 32.3 Å². The third-order valence-corrected chi connectivity index (χ3v) is 10.5. The number of carbonyl (C=O) groups excluding carboxylic acids is 3. The van der Waals surface area contributed by atoms with Gasteiger partial charge in [0.2, 0.25) is 5.91 Å². The number of likely N-dealkylation sites (tertiary alicyclic amines) is 2. The van der Waals surface area contributed by atoms with E-state index in [1.807, 2.05) is 50.1 Å². The van der Waals surface area contributed by atoms with Gasteiger partial charge in [-0.3, -0.25) is 40.8 Å². The number of amidine groups is 2. The molecule has 18 nitrogen and oxygen atoms in total. The van der Waals surface area contributed by atoms with Crippen LogP contribution in [0, 0.1) is 10.8 Å². The molecule has 5 N–H and O–H groups in total. The van der Waals surface area contributed by atoms with E-state index in [2.05, 4.69) is 10.6 Å². The summed E-state index contributed by atoms with van der Waals surface area (Å²) in [6.45, 7) is 6.24. The quantitative estimate of drug-likeness (QED) is 0.0668. The number of alkyl carbamates (subject to hydrolysis) is 2. The van der Waals surface area contributed by atoms with E-state index in [0.29, 0.717) is 61.8 Å². The monoisotopic (exact) mass is 909 g/mol. The lowest BCUT2D eigenvalue weighted by Gasteiger charge is -2.21. The number of benzene rings is 4. The van der Waals surface area contributed by atoms with Gasteiger partial charge in [0.25, 0.3) is 0 Å². The maximum absolute atomic E-state index is 12.3. The molecule has 0 bridgehead atoms. The van der Waals surface area contributed by atoms with Gasteiger partial charge in [0.05, 0.1) is 19.3 Å². The lowest BCUT2D eigenvalue weighted by atomic mass is 10.1. The van der Waals surface area contributed by atoms with Crippen molar-refractivity contribution in [2.75, 3.05) is 54.5 Å². The molecule has 4 atom stereocenters. The summed E-state index contributed by atoms with van der Waals surface area (Å²) in [5, 5.41) is 30.5. The van der Waals surface area contributed by atoms with Gasteiger partial charge < -0.3 is 38.4 Å². The zero-order valence-electron chi connectivity index (χ0n) is 38.1. The average molecular weight is 910 g/mol. The van der Waals surface area contributed by atoms with Crippen LogP contribution in [0.15, 0.2) is 97.1 Å². The molecule has 2 fully saturated rings. The molecule has 0 aromatic heterocycles. The Morgan fingerprint density at radius 2 is 1.05 bits per heavy atom. The fourth-order valence-corrected chi connectivity index (χ4v) is 7.20. The number of rotatable bonds is 16. The van der Waals surface area contributed by atoms with E-state index in [-0.39, 0.29) is 49.0 Å². The minimum Gasteiger partial charge on any atom is -0.494 e. The summed E-state index contributed by atoms with van der Waals surface area (Å²) in [7, 11) is 7.15. The van der Waals surface area contributed by atoms with Crippen LogP contribution in [0.25, 0.3) is 0 Å². The highest BCUT2D eigenvalue weighted by molar-refractivity contribution is 6.05. The smallest absolute Gasteiger partial charge is 0.413 e. The van der Waals surface area contributed by atoms with Crippen molar-refractivity contribution in [3.8, 4) is 23.0 Å². The Bertz CT molecular complexity index is 2290. The van der Waals surface area contributed by atoms with Crippen molar-refractivity contribution in [1.82, 2.24) is 25.3 Å². The van der Waals surface area contributed by atoms with Crippen LogP contribution in [0.3, 0.4) is 0 Å². The number of carboxylic acid groups (broad SMARTS) is 1. The molecule has 0 aliphatic carbocycles. The van der Waals surface area contributed by atoms with E-state index in [0.717, 1.165) is 22.6 Å². The number of ether oxygens (including phenoxy) is 6. The number of carbonyl (C=O) groups is 4. The van der Waals surface area contributed by atoms with E-state index in [9.17, 15) is 24.3 Å². The third kappa shape index (κ3) is 15.0. The van der Waals surface area contributed by atoms with Crippen LogP contribution < -0.4 is 29.6 Å². The lowest BCUT2D eigenvalue weighted by Crippen LogP contribution is -2.40. The van der Waals surface area contributed by atoms with Gasteiger partial charge >= 0.3 is 18.2 Å². The molecule has 0 unspecified atom stereocenters. The van der Waals surface area contributed by atoms with Crippen molar-refractivity contribution in [2.45, 2.75) is 64.2 Å². The Kier molecular flexibility index (Phi) is 18.3. The third-order valence-electron chi connectivity index (χ3n) is 10.5. The topological polar surface area (TPSA) is 225 Å². The first-order valence-electron chi connectivity index (χ1n) is 21.5. The Morgan fingerprint density at radius 1 is 0.636 bits per heavy atom. The van der Waals surface area contributed by atoms with Crippen LogP contribution >= 0.6 is 0 Å². The summed E-state index contributed by atoms with van der Waals surface area (Å²) in [5.41, 5.74) is 2.55. The van der Waals surface area contributed by atoms with Crippen LogP contribution in [0.5, 0.6) is 23.0 Å². The number of hydrogen-bond acceptors (Lipinski definition) is 14. The molecular weight excluding hydrogens is 851 g/mol. The summed E-state index contributed by atoms with van der Waals surface area (Å²) in [4.78, 5) is 53.1. The van der Waals surface area contributed by atoms with Crippen molar-refractivity contribution in [3.05, 3.63) is 119 Å². The van der Waals surface area contributed by atoms with Crippen molar-refractivity contribution in [2.24, 2.45) is 0 Å². The Labute approximate surface area is 384 Å². The molecule has 18 heteroatoms. The van der Waals surface area contributed by atoms with Gasteiger partial charge in [-0.25, -0.2) is 9.59 Å². The SMILES string of the molecule is CCOc1ccc(COC(=O)NC(=N)c2cccc(O[C@H]3C[C@H](C(=O)N(C)C)N(C)C3)c2)cc1.CCOc1ccc(COC(=O)NC(=N)c2cccc(O[C@H]3C[C@H](C(=O)O)N(C)C3)c2)cc1. The molecule has 0 saturated carbocycles. The summed E-state index contributed by atoms with van der Waals surface area (Å²) in [6.07, 6.45) is -0.896. The number of nitrogens with one attached hydrogen (secondary N) is 4. The minimum atomic E-state index is -0.873. The normalized spacial score (nSPS) is 17.8. The summed E-state index contributed by atoms with van der Waals surface area (Å²) >= 11 is 0. The minimum absolute atomic E-state index is 0.0528. The van der Waals surface area contributed by atoms with E-state index in [4.69, 9.17) is 39.2 Å². The first kappa shape index (κ1) is 49.8. The molecule has 66 heavy (non-hydrogen) atoms. The van der Waals surface area contributed by atoms with Crippen molar-refractivity contribution in [1.29, 1.82) is 10.8 Å². The highest BCUT2D eigenvalue weighted by atomic mass is 16.6. The number of amides is 3. The molecule has 4 aromatic rings. The number of hydrogen-bond donors (Lipinski definition) is 5. The number of nitrogens with zero attached hydrogens (tertiary/aromatic N) is 3. The molecular formula is C48H59N7O11. The summed E-state index contributed by atoms with van der Waals surface area (Å²) in [5.74, 6) is 1.53. The number of carboxylic acids is 1. The Balaban J connectivity index is 0.000000248. The number of likely N-dealkylation sites (N-methyl/N-ethyl adjacent to an activating group) is 3. The predicted octanol–water partition coefficient (Wildman–Crippen LogP) is 5.75. The molecule has 3 amide bonds. The second kappa shape index (κ2) is 24.2. The van der Waals surface area contributed by atoms with E-state index in [1.54, 1.807) is 104 Å². The second-order valence-corrected chi connectivity index (χ2v) is 15.8. The highest BCUT2D eigenvalue weighted by Crippen LogP contribution is 2.25. The van der Waals surface area contributed by atoms with Crippen LogP contribution in [0.4, 0.5) is 9.59 Å². The van der Waals surface area contributed by atoms with Gasteiger partial charge in [0, 0.05) is 51.2 Å². The molecule has 2 heterocycles. The van der Waals surface area contributed by atoms with Crippen molar-refractivity contribution in [3.63, 3.8) is 0 Å². The molecule has 0 spiro atoms. The highest BCUT2D eigenvalue weighted by Gasteiger charge is 2.37. The Hall–Kier alpha value is -7.18. The van der Waals surface area contributed by atoms with Gasteiger partial charge in [-0.1, -0.05) is 48.5 Å². The number of aliphatic carboxylic acids is 1. The Morgan fingerprint density at radius 3 is 1.42 bits per heavy atom. The molecule has 2 aliphatic rings. The second-order valence-electron chi connectivity index (χ2n) is 15.8. The zero-order valence-corrected chi connectivity index (χ0v) is 38.1. The van der Waals surface area contributed by atoms with Gasteiger partial charge in [-0.15, -0.1) is 0 Å². The standard InChI is InChI=1S/C25H32N4O5.C23H27N3O6/c1-5-32-19-11-9-17(10-12-19)16-33-25(31)27-23(26)18-7-6-8-20(13-18)34-21-14-22(29(4)15-21)24(30)28(2)3;1-3-30-17-9-7-15(8-10-17)14-31-23(29)25-21(24)16-5-4-6-18(11-16)32-19-12-20(22(27)28)26(2)13-19/h6-13,21-22H,5,14-16H2,1-4H3,(H2,26,27,31);4-11,19-20H,3,12-14H2,1-2H3,(H,27,28)(H2,24,25,29)/t21-,22+;19-,20+/m00/s1. The molecule has 2 aliphatic heterocycles. The van der Waals surface area contributed by atoms with E-state index < -0.39 is 24.2 Å². The lowest BCUT2D eigenvalue weighted by molar-refractivity contribution is -0.141. The first-order valence-corrected chi connectivity index (χ1v) is 21.5. The van der Waals surface area contributed by atoms with Crippen LogP contribution in [-0.4, -0.2) is 134 Å². The van der Waals surface area contributed by atoms with Gasteiger partial charge in [0.1, 0.15) is 66.1 Å². The average Bonchev–Trinajstić information content (AvgIpc) is 3.86. The van der Waals surface area contributed by atoms with E-state index >= 15 is 0 Å². The predicted molar refractivity (Wildman–Crippen MR) is 246 cm³/mol. The molecule has 6 rings (SSSR count). The fraction of sp³-hybridized carbons (Fsp3) is 0.375. The molecule has 352 valence electrons. The van der Waals surface area contributed by atoms with E-state index in [1.165, 1.54) is 0 Å². The fourth-order valence-electron chi connectivity index (χ4n) is 7.20. The molecule has 4 aromatic carbocycles.